The summed E-state index contributed by atoms with van der Waals surface area (Å²) in [6, 6.07) is 0. The van der Waals surface area contributed by atoms with Gasteiger partial charge in [-0.3, -0.25) is 4.79 Å². The molecule has 1 aromatic heterocycles. The maximum atomic E-state index is 13.5. The number of hydrogen-bond acceptors (Lipinski definition) is 3. The van der Waals surface area contributed by atoms with E-state index in [1.165, 1.54) is 29.8 Å². The van der Waals surface area contributed by atoms with E-state index >= 15 is 0 Å². The van der Waals surface area contributed by atoms with Gasteiger partial charge in [0.15, 0.2) is 4.80 Å². The predicted octanol–water partition coefficient (Wildman–Crippen LogP) is 4.24. The van der Waals surface area contributed by atoms with Gasteiger partial charge in [-0.2, -0.15) is 4.99 Å². The molecule has 1 heterocycles. The summed E-state index contributed by atoms with van der Waals surface area (Å²) < 4.78 is 7.41. The molecule has 0 radical (unpaired) electrons. The lowest BCUT2D eigenvalue weighted by molar-refractivity contribution is -0.167. The van der Waals surface area contributed by atoms with E-state index in [1.807, 2.05) is 0 Å². The zero-order chi connectivity index (χ0) is 18.7. The molecular weight excluding hydrogens is 344 g/mol. The van der Waals surface area contributed by atoms with Gasteiger partial charge in [0.1, 0.15) is 0 Å². The minimum absolute atomic E-state index is 0.145. The largest absolute Gasteiger partial charge is 0.383 e. The molecule has 144 valence electrons. The number of thiazole rings is 1. The number of aryl methyl sites for hydroxylation is 1. The molecule has 0 saturated heterocycles. The van der Waals surface area contributed by atoms with Gasteiger partial charge in [0, 0.05) is 24.2 Å². The lowest BCUT2D eigenvalue weighted by atomic mass is 9.40. The van der Waals surface area contributed by atoms with Crippen LogP contribution in [0.1, 0.15) is 62.9 Å². The SMILES string of the molecule is COCCn1c(C)c(C)sc1=NC(=O)C12CC3CC(C)(CC(C)(C3)C1)C2. The Hall–Kier alpha value is -0.940. The first-order valence-electron chi connectivity index (χ1n) is 9.93. The van der Waals surface area contributed by atoms with Crippen molar-refractivity contribution in [1.29, 1.82) is 0 Å². The summed E-state index contributed by atoms with van der Waals surface area (Å²) in [5, 5.41) is 0. The molecule has 2 unspecified atom stereocenters. The summed E-state index contributed by atoms with van der Waals surface area (Å²) in [5.41, 5.74) is 1.66. The maximum absolute atomic E-state index is 13.5. The number of amides is 1. The van der Waals surface area contributed by atoms with Crippen LogP contribution < -0.4 is 4.80 Å². The van der Waals surface area contributed by atoms with E-state index in [1.54, 1.807) is 18.4 Å². The third kappa shape index (κ3) is 2.91. The first-order chi connectivity index (χ1) is 12.2. The molecule has 0 aromatic carbocycles. The quantitative estimate of drug-likeness (QED) is 0.789. The van der Waals surface area contributed by atoms with E-state index in [4.69, 9.17) is 9.73 Å². The van der Waals surface area contributed by atoms with E-state index in [2.05, 4.69) is 32.3 Å². The number of carbonyl (C=O) groups excluding carboxylic acids is 1. The minimum atomic E-state index is -0.214. The van der Waals surface area contributed by atoms with Crippen LogP contribution in [0.25, 0.3) is 0 Å². The molecule has 5 rings (SSSR count). The smallest absolute Gasteiger partial charge is 0.254 e. The Bertz CT molecular complexity index is 787. The van der Waals surface area contributed by atoms with Crippen molar-refractivity contribution in [2.75, 3.05) is 13.7 Å². The van der Waals surface area contributed by atoms with Crippen LogP contribution in [-0.2, 0) is 16.1 Å². The normalized spacial score (nSPS) is 39.0. The van der Waals surface area contributed by atoms with Crippen LogP contribution >= 0.6 is 11.3 Å². The second-order valence-electron chi connectivity index (χ2n) is 10.00. The number of rotatable bonds is 4. The Morgan fingerprint density at radius 3 is 2.42 bits per heavy atom. The molecule has 4 bridgehead atoms. The fourth-order valence-corrected chi connectivity index (χ4v) is 8.02. The molecule has 0 aliphatic heterocycles. The molecule has 1 amide bonds. The van der Waals surface area contributed by atoms with Crippen molar-refractivity contribution >= 4 is 17.2 Å². The fourth-order valence-electron chi connectivity index (χ4n) is 7.02. The molecular formula is C21H32N2O2S. The van der Waals surface area contributed by atoms with E-state index in [-0.39, 0.29) is 11.3 Å². The highest BCUT2D eigenvalue weighted by atomic mass is 32.1. The van der Waals surface area contributed by atoms with E-state index in [0.29, 0.717) is 23.4 Å². The van der Waals surface area contributed by atoms with Gasteiger partial charge < -0.3 is 9.30 Å². The lowest BCUT2D eigenvalue weighted by Gasteiger charge is -2.64. The Kier molecular flexibility index (Phi) is 4.27. The van der Waals surface area contributed by atoms with Crippen LogP contribution in [0.2, 0.25) is 0 Å². The van der Waals surface area contributed by atoms with Gasteiger partial charge in [0.05, 0.1) is 12.0 Å². The van der Waals surface area contributed by atoms with Crippen LogP contribution in [0.15, 0.2) is 4.99 Å². The fraction of sp³-hybridized carbons (Fsp3) is 0.810. The van der Waals surface area contributed by atoms with E-state index in [9.17, 15) is 4.79 Å². The van der Waals surface area contributed by atoms with Crippen LogP contribution in [0, 0.1) is 36.0 Å². The van der Waals surface area contributed by atoms with Gasteiger partial charge in [-0.1, -0.05) is 13.8 Å². The van der Waals surface area contributed by atoms with Gasteiger partial charge in [-0.25, -0.2) is 0 Å². The topological polar surface area (TPSA) is 43.6 Å². The van der Waals surface area contributed by atoms with Crippen LogP contribution in [0.4, 0.5) is 0 Å². The highest BCUT2D eigenvalue weighted by molar-refractivity contribution is 7.09. The van der Waals surface area contributed by atoms with Crippen molar-refractivity contribution in [3.05, 3.63) is 15.4 Å². The van der Waals surface area contributed by atoms with Crippen molar-refractivity contribution < 1.29 is 9.53 Å². The predicted molar refractivity (Wildman–Crippen MR) is 104 cm³/mol. The molecule has 4 aliphatic carbocycles. The number of carbonyl (C=O) groups is 1. The van der Waals surface area contributed by atoms with Crippen molar-refractivity contribution in [1.82, 2.24) is 4.57 Å². The Morgan fingerprint density at radius 2 is 1.85 bits per heavy atom. The molecule has 5 heteroatoms. The molecule has 4 aliphatic rings. The molecule has 0 N–H and O–H groups in total. The Balaban J connectivity index is 1.71. The maximum Gasteiger partial charge on any atom is 0.254 e. The third-order valence-corrected chi connectivity index (χ3v) is 8.28. The third-order valence-electron chi connectivity index (χ3n) is 7.19. The zero-order valence-corrected chi connectivity index (χ0v) is 17.7. The molecule has 2 atom stereocenters. The summed E-state index contributed by atoms with van der Waals surface area (Å²) in [7, 11) is 1.72. The summed E-state index contributed by atoms with van der Waals surface area (Å²) >= 11 is 1.64. The molecule has 1 aromatic rings. The molecule has 0 spiro atoms. The lowest BCUT2D eigenvalue weighted by Crippen LogP contribution is -2.57. The second kappa shape index (κ2) is 6.03. The van der Waals surface area contributed by atoms with Gasteiger partial charge in [-0.15, -0.1) is 11.3 Å². The molecule has 4 nitrogen and oxygen atoms in total. The van der Waals surface area contributed by atoms with Crippen molar-refractivity contribution in [3.63, 3.8) is 0 Å². The van der Waals surface area contributed by atoms with E-state index in [0.717, 1.165) is 30.6 Å². The number of nitrogens with zero attached hydrogens (tertiary/aromatic N) is 2. The summed E-state index contributed by atoms with van der Waals surface area (Å²) in [5.74, 6) is 0.860. The number of aromatic nitrogens is 1. The van der Waals surface area contributed by atoms with Gasteiger partial charge in [-0.05, 0) is 69.1 Å². The highest BCUT2D eigenvalue weighted by Crippen LogP contribution is 2.69. The average Bonchev–Trinajstić information content (AvgIpc) is 2.76. The van der Waals surface area contributed by atoms with Gasteiger partial charge in [0.2, 0.25) is 0 Å². The monoisotopic (exact) mass is 376 g/mol. The Morgan fingerprint density at radius 1 is 1.19 bits per heavy atom. The first kappa shape index (κ1) is 18.4. The van der Waals surface area contributed by atoms with Crippen LogP contribution in [-0.4, -0.2) is 24.2 Å². The number of hydrogen-bond donors (Lipinski definition) is 0. The average molecular weight is 377 g/mol. The first-order valence-corrected chi connectivity index (χ1v) is 10.7. The van der Waals surface area contributed by atoms with E-state index < -0.39 is 0 Å². The van der Waals surface area contributed by atoms with Crippen LogP contribution in [0.3, 0.4) is 0 Å². The van der Waals surface area contributed by atoms with Crippen molar-refractivity contribution in [2.24, 2.45) is 27.2 Å². The minimum Gasteiger partial charge on any atom is -0.383 e. The Labute approximate surface area is 160 Å². The number of ether oxygens (including phenoxy) is 1. The molecule has 26 heavy (non-hydrogen) atoms. The van der Waals surface area contributed by atoms with Crippen molar-refractivity contribution in [3.8, 4) is 0 Å². The van der Waals surface area contributed by atoms with Gasteiger partial charge in [0.25, 0.3) is 5.91 Å². The highest BCUT2D eigenvalue weighted by Gasteiger charge is 2.62. The summed E-state index contributed by atoms with van der Waals surface area (Å²) in [6.07, 6.45) is 7.04. The standard InChI is InChI=1S/C21H32N2O2S/c1-14-15(2)26-18(23(14)6-7-25-5)22-17(24)21-10-16-8-19(3,12-21)11-20(4,9-16)13-21/h16H,6-13H2,1-5H3. The summed E-state index contributed by atoms with van der Waals surface area (Å²) in [6.45, 7) is 10.4. The van der Waals surface area contributed by atoms with Gasteiger partial charge >= 0.3 is 0 Å². The zero-order valence-electron chi connectivity index (χ0n) is 16.9. The summed E-state index contributed by atoms with van der Waals surface area (Å²) in [4.78, 5) is 20.3. The molecule has 4 fully saturated rings. The number of methoxy groups -OCH3 is 1. The van der Waals surface area contributed by atoms with Crippen molar-refractivity contribution in [2.45, 2.75) is 72.8 Å². The van der Waals surface area contributed by atoms with Crippen LogP contribution in [0.5, 0.6) is 0 Å². The second-order valence-corrected chi connectivity index (χ2v) is 11.2. The molecule has 4 saturated carbocycles.